The van der Waals surface area contributed by atoms with Gasteiger partial charge in [0.05, 0.1) is 43.0 Å². The van der Waals surface area contributed by atoms with Crippen molar-refractivity contribution in [1.29, 1.82) is 5.26 Å². The van der Waals surface area contributed by atoms with Gasteiger partial charge in [0.25, 0.3) is 0 Å². The SMILES string of the molecule is COC(=O)C1=C(C(=O)OC)N(c2ccc3oc(-c4ccc(Br)cc4)nc3c2)C(N)=C(C#N)C1c1ccccc1. The number of benzene rings is 3. The molecule has 1 atom stereocenters. The largest absolute Gasteiger partial charge is 0.466 e. The van der Waals surface area contributed by atoms with E-state index in [0.717, 1.165) is 10.0 Å². The lowest BCUT2D eigenvalue weighted by atomic mass is 9.81. The lowest BCUT2D eigenvalue weighted by molar-refractivity contribution is -0.139. The van der Waals surface area contributed by atoms with Gasteiger partial charge in [-0.15, -0.1) is 0 Å². The van der Waals surface area contributed by atoms with Gasteiger partial charge in [-0.05, 0) is 48.0 Å². The number of carbonyl (C=O) groups is 2. The maximum absolute atomic E-state index is 13.3. The number of hydrogen-bond acceptors (Lipinski definition) is 9. The van der Waals surface area contributed by atoms with Crippen LogP contribution in [0.1, 0.15) is 11.5 Å². The third-order valence-corrected chi connectivity index (χ3v) is 6.86. The van der Waals surface area contributed by atoms with E-state index in [4.69, 9.17) is 19.6 Å². The Hall–Kier alpha value is -4.88. The van der Waals surface area contributed by atoms with Gasteiger partial charge in [0.1, 0.15) is 17.0 Å². The molecule has 0 aliphatic carbocycles. The molecule has 9 nitrogen and oxygen atoms in total. The molecule has 4 aromatic rings. The summed E-state index contributed by atoms with van der Waals surface area (Å²) in [6, 6.07) is 23.4. The molecule has 1 aliphatic rings. The highest BCUT2D eigenvalue weighted by Crippen LogP contribution is 2.43. The van der Waals surface area contributed by atoms with Gasteiger partial charge in [-0.25, -0.2) is 14.6 Å². The van der Waals surface area contributed by atoms with Crippen LogP contribution in [0.2, 0.25) is 0 Å². The van der Waals surface area contributed by atoms with Gasteiger partial charge < -0.3 is 19.6 Å². The minimum atomic E-state index is -0.950. The maximum atomic E-state index is 13.3. The molecular formula is C29H21BrN4O5. The number of esters is 2. The van der Waals surface area contributed by atoms with E-state index in [-0.39, 0.29) is 22.7 Å². The van der Waals surface area contributed by atoms with Gasteiger partial charge in [0.15, 0.2) is 5.58 Å². The summed E-state index contributed by atoms with van der Waals surface area (Å²) >= 11 is 3.41. The lowest BCUT2D eigenvalue weighted by Crippen LogP contribution is -2.40. The summed E-state index contributed by atoms with van der Waals surface area (Å²) in [7, 11) is 2.40. The zero-order chi connectivity index (χ0) is 27.7. The molecule has 10 heteroatoms. The molecule has 0 saturated carbocycles. The Morgan fingerprint density at radius 1 is 1.03 bits per heavy atom. The van der Waals surface area contributed by atoms with Crippen molar-refractivity contribution >= 4 is 44.7 Å². The van der Waals surface area contributed by atoms with Crippen LogP contribution in [0.5, 0.6) is 0 Å². The smallest absolute Gasteiger partial charge is 0.355 e. The van der Waals surface area contributed by atoms with Crippen molar-refractivity contribution in [3.63, 3.8) is 0 Å². The van der Waals surface area contributed by atoms with Crippen molar-refractivity contribution in [3.8, 4) is 17.5 Å². The topological polar surface area (TPSA) is 132 Å². The van der Waals surface area contributed by atoms with E-state index in [1.165, 1.54) is 19.1 Å². The molecule has 1 unspecified atom stereocenters. The van der Waals surface area contributed by atoms with Crippen LogP contribution in [0.4, 0.5) is 5.69 Å². The molecule has 0 radical (unpaired) electrons. The zero-order valence-electron chi connectivity index (χ0n) is 20.8. The Balaban J connectivity index is 1.73. The summed E-state index contributed by atoms with van der Waals surface area (Å²) in [6.07, 6.45) is 0. The van der Waals surface area contributed by atoms with Crippen LogP contribution in [0, 0.1) is 11.3 Å². The number of ether oxygens (including phenoxy) is 2. The minimum absolute atomic E-state index is 0.0321. The monoisotopic (exact) mass is 584 g/mol. The molecule has 1 aromatic heterocycles. The number of allylic oxidation sites excluding steroid dienone is 1. The van der Waals surface area contributed by atoms with Gasteiger partial charge in [0.2, 0.25) is 5.89 Å². The molecule has 0 bridgehead atoms. The molecule has 0 amide bonds. The standard InChI is InChI=1S/C29H21BrN4O5/c1-37-28(35)24-23(16-6-4-3-5-7-16)20(15-31)26(32)34(25(24)29(36)38-2)19-12-13-22-21(14-19)33-27(39-22)17-8-10-18(30)11-9-17/h3-14,23H,32H2,1-2H3. The molecule has 2 N–H and O–H groups in total. The maximum Gasteiger partial charge on any atom is 0.355 e. The highest BCUT2D eigenvalue weighted by molar-refractivity contribution is 9.10. The van der Waals surface area contributed by atoms with Gasteiger partial charge in [0, 0.05) is 10.0 Å². The summed E-state index contributed by atoms with van der Waals surface area (Å²) in [6.45, 7) is 0. The fraction of sp³-hybridized carbons (Fsp3) is 0.103. The Morgan fingerprint density at radius 2 is 1.72 bits per heavy atom. The Morgan fingerprint density at radius 3 is 2.36 bits per heavy atom. The van der Waals surface area contributed by atoms with Crippen molar-refractivity contribution in [2.45, 2.75) is 5.92 Å². The second-order valence-electron chi connectivity index (χ2n) is 8.51. The number of nitriles is 1. The molecule has 39 heavy (non-hydrogen) atoms. The molecule has 3 aromatic carbocycles. The number of oxazole rings is 1. The van der Waals surface area contributed by atoms with Crippen LogP contribution in [-0.4, -0.2) is 31.1 Å². The van der Waals surface area contributed by atoms with E-state index in [1.807, 2.05) is 24.3 Å². The van der Waals surface area contributed by atoms with Gasteiger partial charge in [-0.1, -0.05) is 46.3 Å². The number of halogens is 1. The first-order chi connectivity index (χ1) is 18.9. The third-order valence-electron chi connectivity index (χ3n) is 6.33. The molecule has 1 aliphatic heterocycles. The van der Waals surface area contributed by atoms with Crippen LogP contribution in [-0.2, 0) is 19.1 Å². The number of nitrogens with two attached hydrogens (primary N) is 1. The molecule has 194 valence electrons. The van der Waals surface area contributed by atoms with E-state index in [2.05, 4.69) is 27.0 Å². The highest BCUT2D eigenvalue weighted by atomic mass is 79.9. The van der Waals surface area contributed by atoms with Crippen molar-refractivity contribution in [3.05, 3.63) is 105 Å². The third kappa shape index (κ3) is 4.53. The lowest BCUT2D eigenvalue weighted by Gasteiger charge is -2.35. The first-order valence-corrected chi connectivity index (χ1v) is 12.5. The number of nitrogens with zero attached hydrogens (tertiary/aromatic N) is 3. The molecule has 0 fully saturated rings. The summed E-state index contributed by atoms with van der Waals surface area (Å²) in [5, 5.41) is 10.2. The number of hydrogen-bond donors (Lipinski definition) is 1. The summed E-state index contributed by atoms with van der Waals surface area (Å²) in [5.74, 6) is -2.21. The second-order valence-corrected chi connectivity index (χ2v) is 9.43. The van der Waals surface area contributed by atoms with E-state index in [0.29, 0.717) is 28.2 Å². The van der Waals surface area contributed by atoms with Crippen molar-refractivity contribution < 1.29 is 23.5 Å². The number of methoxy groups -OCH3 is 2. The van der Waals surface area contributed by atoms with Crippen LogP contribution in [0.3, 0.4) is 0 Å². The van der Waals surface area contributed by atoms with Crippen LogP contribution in [0.15, 0.2) is 104 Å². The Kier molecular flexibility index (Phi) is 6.92. The van der Waals surface area contributed by atoms with E-state index in [1.54, 1.807) is 48.5 Å². The number of aromatic nitrogens is 1. The summed E-state index contributed by atoms with van der Waals surface area (Å²) in [4.78, 5) is 32.4. The predicted molar refractivity (Wildman–Crippen MR) is 147 cm³/mol. The fourth-order valence-corrected chi connectivity index (χ4v) is 4.82. The number of anilines is 1. The Labute approximate surface area is 231 Å². The van der Waals surface area contributed by atoms with Gasteiger partial charge >= 0.3 is 11.9 Å². The first-order valence-electron chi connectivity index (χ1n) is 11.7. The van der Waals surface area contributed by atoms with Crippen LogP contribution in [0.25, 0.3) is 22.6 Å². The average molecular weight is 585 g/mol. The van der Waals surface area contributed by atoms with Crippen molar-refractivity contribution in [1.82, 2.24) is 4.98 Å². The predicted octanol–water partition coefficient (Wildman–Crippen LogP) is 5.16. The number of carbonyl (C=O) groups excluding carboxylic acids is 2. The van der Waals surface area contributed by atoms with Gasteiger partial charge in [-0.2, -0.15) is 5.26 Å². The minimum Gasteiger partial charge on any atom is -0.466 e. The fourth-order valence-electron chi connectivity index (χ4n) is 4.55. The second kappa shape index (κ2) is 10.5. The van der Waals surface area contributed by atoms with Crippen LogP contribution < -0.4 is 10.6 Å². The van der Waals surface area contributed by atoms with E-state index < -0.39 is 17.9 Å². The molecule has 0 spiro atoms. The van der Waals surface area contributed by atoms with Crippen molar-refractivity contribution in [2.24, 2.45) is 5.73 Å². The number of fused-ring (bicyclic) bond motifs is 1. The highest BCUT2D eigenvalue weighted by Gasteiger charge is 2.43. The molecule has 2 heterocycles. The quantitative estimate of drug-likeness (QED) is 0.316. The van der Waals surface area contributed by atoms with Crippen molar-refractivity contribution in [2.75, 3.05) is 19.1 Å². The van der Waals surface area contributed by atoms with Crippen LogP contribution >= 0.6 is 15.9 Å². The summed E-state index contributed by atoms with van der Waals surface area (Å²) < 4.78 is 17.0. The molecule has 0 saturated heterocycles. The average Bonchev–Trinajstić information content (AvgIpc) is 3.40. The first kappa shape index (κ1) is 25.8. The zero-order valence-corrected chi connectivity index (χ0v) is 22.4. The van der Waals surface area contributed by atoms with Gasteiger partial charge in [-0.3, -0.25) is 4.90 Å². The summed E-state index contributed by atoms with van der Waals surface area (Å²) in [5.41, 5.74) is 9.12. The normalized spacial score (nSPS) is 15.3. The molecule has 5 rings (SSSR count). The Bertz CT molecular complexity index is 1700. The van der Waals surface area contributed by atoms with E-state index in [9.17, 15) is 14.9 Å². The molecular weight excluding hydrogens is 564 g/mol. The van der Waals surface area contributed by atoms with E-state index >= 15 is 0 Å². The number of rotatable bonds is 5.